The summed E-state index contributed by atoms with van der Waals surface area (Å²) < 4.78 is 18.3. The van der Waals surface area contributed by atoms with Crippen molar-refractivity contribution in [3.05, 3.63) is 192 Å². The van der Waals surface area contributed by atoms with Crippen molar-refractivity contribution in [2.24, 2.45) is 0 Å². The molecule has 0 unspecified atom stereocenters. The summed E-state index contributed by atoms with van der Waals surface area (Å²) in [6, 6.07) is 65.9. The molecular formula is C85H104N2O2. The van der Waals surface area contributed by atoms with Crippen molar-refractivity contribution in [1.82, 2.24) is 9.13 Å². The molecule has 4 heteroatoms. The van der Waals surface area contributed by atoms with Crippen LogP contribution in [-0.4, -0.2) is 22.3 Å². The first-order valence-electron chi connectivity index (χ1n) is 35.8. The number of fused-ring (bicyclic) bond motifs is 9. The van der Waals surface area contributed by atoms with Crippen molar-refractivity contribution in [1.29, 1.82) is 0 Å². The first-order chi connectivity index (χ1) is 44.0. The minimum atomic E-state index is -0.615. The fraction of sp³-hybridized carbons (Fsp3) is 0.435. The van der Waals surface area contributed by atoms with Gasteiger partial charge in [-0.2, -0.15) is 0 Å². The Hall–Kier alpha value is -7.04. The molecule has 0 saturated carbocycles. The van der Waals surface area contributed by atoms with Crippen LogP contribution in [0, 0.1) is 0 Å². The lowest BCUT2D eigenvalue weighted by molar-refractivity contribution is 0.304. The van der Waals surface area contributed by atoms with Gasteiger partial charge in [0.25, 0.3) is 0 Å². The van der Waals surface area contributed by atoms with E-state index in [2.05, 4.69) is 207 Å². The number of aryl methyl sites for hydroxylation is 2. The quantitative estimate of drug-likeness (QED) is 0.0361. The number of rotatable bonds is 38. The second kappa shape index (κ2) is 32.1. The molecule has 10 aromatic rings. The second-order valence-corrected chi connectivity index (χ2v) is 26.3. The van der Waals surface area contributed by atoms with Gasteiger partial charge in [-0.25, -0.2) is 0 Å². The third-order valence-corrected chi connectivity index (χ3v) is 19.9. The van der Waals surface area contributed by atoms with Gasteiger partial charge in [-0.05, 0) is 154 Å². The minimum Gasteiger partial charge on any atom is -0.494 e. The number of unbranched alkanes of at least 4 members (excludes halogenated alkanes) is 24. The Morgan fingerprint density at radius 2 is 0.596 bits per heavy atom. The standard InChI is InChI=1S/C85H104N2O2/c1-5-9-13-17-21-23-27-35-59-88-71-49-45-69(46-50-71)85(70-47-51-72(52-48-70)89-60-36-28-24-22-18-14-10-6-2)79-53-41-65(67-43-55-83-77(63-67)73-37-29-31-39-81(73)86(83)57-33-25-19-15-11-7-3)61-75(79)76-62-66(42-54-80(76)85)68-44-56-84-78(64-68)74-38-30-32-40-82(74)87(84)58-34-26-20-16-12-8-4/h29-32,37-56,61-64H,5-28,33-36,57-60H2,1-4H3. The Morgan fingerprint density at radius 3 is 0.978 bits per heavy atom. The molecule has 89 heavy (non-hydrogen) atoms. The predicted molar refractivity (Wildman–Crippen MR) is 384 cm³/mol. The molecule has 4 nitrogen and oxygen atoms in total. The Bertz CT molecular complexity index is 3570. The molecule has 0 amide bonds. The molecule has 0 saturated heterocycles. The van der Waals surface area contributed by atoms with E-state index in [1.54, 1.807) is 0 Å². The van der Waals surface area contributed by atoms with Crippen LogP contribution in [0.1, 0.15) is 230 Å². The third-order valence-electron chi connectivity index (χ3n) is 19.9. The highest BCUT2D eigenvalue weighted by atomic mass is 16.5. The molecule has 0 radical (unpaired) electrons. The van der Waals surface area contributed by atoms with E-state index in [1.165, 1.54) is 266 Å². The van der Waals surface area contributed by atoms with Crippen LogP contribution in [0.3, 0.4) is 0 Å². The van der Waals surface area contributed by atoms with E-state index in [-0.39, 0.29) is 0 Å². The normalized spacial score (nSPS) is 12.7. The molecule has 0 aliphatic heterocycles. The summed E-state index contributed by atoms with van der Waals surface area (Å²) in [4.78, 5) is 0. The number of nitrogens with zero attached hydrogens (tertiary/aromatic N) is 2. The maximum Gasteiger partial charge on any atom is 0.119 e. The summed E-state index contributed by atoms with van der Waals surface area (Å²) in [5, 5.41) is 5.34. The lowest BCUT2D eigenvalue weighted by atomic mass is 9.67. The fourth-order valence-corrected chi connectivity index (χ4v) is 15.0. The van der Waals surface area contributed by atoms with E-state index in [4.69, 9.17) is 9.47 Å². The van der Waals surface area contributed by atoms with Gasteiger partial charge in [-0.15, -0.1) is 0 Å². The monoisotopic (exact) mass is 1180 g/mol. The number of benzene rings is 8. The molecular weight excluding hydrogens is 1080 g/mol. The Labute approximate surface area is 535 Å². The van der Waals surface area contributed by atoms with Gasteiger partial charge >= 0.3 is 0 Å². The van der Waals surface area contributed by atoms with E-state index >= 15 is 0 Å². The number of aromatic nitrogens is 2. The SMILES string of the molecule is CCCCCCCCCCOc1ccc(C2(c3ccc(OCCCCCCCCCC)cc3)c3ccc(-c4ccc5c(c4)c4ccccc4n5CCCCCCCC)cc3-c3cc(-c4ccc5c(c4)c4ccccc4n5CCCCCCCC)ccc32)cc1. The molecule has 0 fully saturated rings. The van der Waals surface area contributed by atoms with E-state index in [9.17, 15) is 0 Å². The van der Waals surface area contributed by atoms with Gasteiger partial charge in [0.15, 0.2) is 0 Å². The summed E-state index contributed by atoms with van der Waals surface area (Å²) >= 11 is 0. The lowest BCUT2D eigenvalue weighted by Gasteiger charge is -2.34. The topological polar surface area (TPSA) is 28.3 Å². The van der Waals surface area contributed by atoms with Crippen LogP contribution in [0.5, 0.6) is 11.5 Å². The van der Waals surface area contributed by atoms with Crippen LogP contribution in [0.15, 0.2) is 170 Å². The molecule has 2 heterocycles. The van der Waals surface area contributed by atoms with Gasteiger partial charge in [0.05, 0.1) is 18.6 Å². The zero-order valence-corrected chi connectivity index (χ0v) is 55.0. The Morgan fingerprint density at radius 1 is 0.281 bits per heavy atom. The van der Waals surface area contributed by atoms with Crippen molar-refractivity contribution in [2.45, 2.75) is 226 Å². The molecule has 0 spiro atoms. The molecule has 0 bridgehead atoms. The fourth-order valence-electron chi connectivity index (χ4n) is 15.0. The maximum atomic E-state index is 6.55. The largest absolute Gasteiger partial charge is 0.494 e. The van der Waals surface area contributed by atoms with Crippen molar-refractivity contribution in [2.75, 3.05) is 13.2 Å². The molecule has 8 aromatic carbocycles. The van der Waals surface area contributed by atoms with Gasteiger partial charge < -0.3 is 18.6 Å². The van der Waals surface area contributed by atoms with E-state index < -0.39 is 5.41 Å². The van der Waals surface area contributed by atoms with Crippen LogP contribution in [0.4, 0.5) is 0 Å². The second-order valence-electron chi connectivity index (χ2n) is 26.3. The summed E-state index contributed by atoms with van der Waals surface area (Å²) in [5.74, 6) is 1.88. The summed E-state index contributed by atoms with van der Waals surface area (Å²) in [5.41, 5.74) is 17.3. The predicted octanol–water partition coefficient (Wildman–Crippen LogP) is 25.4. The molecule has 0 N–H and O–H groups in total. The van der Waals surface area contributed by atoms with E-state index in [1.807, 2.05) is 0 Å². The van der Waals surface area contributed by atoms with Gasteiger partial charge in [0.1, 0.15) is 11.5 Å². The van der Waals surface area contributed by atoms with Crippen LogP contribution < -0.4 is 9.47 Å². The zero-order chi connectivity index (χ0) is 61.0. The average Bonchev–Trinajstić information content (AvgIpc) is 1.57. The maximum absolute atomic E-state index is 6.55. The minimum absolute atomic E-state index is 0.615. The van der Waals surface area contributed by atoms with Crippen molar-refractivity contribution < 1.29 is 9.47 Å². The van der Waals surface area contributed by atoms with Crippen LogP contribution in [0.25, 0.3) is 77.0 Å². The molecule has 0 atom stereocenters. The smallest absolute Gasteiger partial charge is 0.119 e. The van der Waals surface area contributed by atoms with Gasteiger partial charge in [-0.1, -0.05) is 279 Å². The van der Waals surface area contributed by atoms with Crippen molar-refractivity contribution in [3.63, 3.8) is 0 Å². The highest BCUT2D eigenvalue weighted by Crippen LogP contribution is 2.58. The molecule has 466 valence electrons. The molecule has 1 aliphatic rings. The Balaban J connectivity index is 0.986. The first-order valence-corrected chi connectivity index (χ1v) is 35.8. The highest BCUT2D eigenvalue weighted by molar-refractivity contribution is 6.10. The van der Waals surface area contributed by atoms with Gasteiger partial charge in [0, 0.05) is 56.7 Å². The molecule has 2 aromatic heterocycles. The number of ether oxygens (including phenoxy) is 2. The van der Waals surface area contributed by atoms with Gasteiger partial charge in [0.2, 0.25) is 0 Å². The lowest BCUT2D eigenvalue weighted by Crippen LogP contribution is -2.28. The average molecular weight is 1190 g/mol. The summed E-state index contributed by atoms with van der Waals surface area (Å²) in [7, 11) is 0. The summed E-state index contributed by atoms with van der Waals surface area (Å²) in [6.07, 6.45) is 36.1. The summed E-state index contributed by atoms with van der Waals surface area (Å²) in [6.45, 7) is 12.8. The van der Waals surface area contributed by atoms with Crippen molar-refractivity contribution >= 4 is 43.6 Å². The molecule has 1 aliphatic carbocycles. The third kappa shape index (κ3) is 14.8. The van der Waals surface area contributed by atoms with Crippen LogP contribution in [0.2, 0.25) is 0 Å². The highest BCUT2D eigenvalue weighted by Gasteiger charge is 2.46. The van der Waals surface area contributed by atoms with Crippen LogP contribution in [-0.2, 0) is 18.5 Å². The van der Waals surface area contributed by atoms with E-state index in [0.717, 1.165) is 50.6 Å². The number of hydrogen-bond donors (Lipinski definition) is 0. The number of para-hydroxylation sites is 2. The van der Waals surface area contributed by atoms with Crippen LogP contribution >= 0.6 is 0 Å². The van der Waals surface area contributed by atoms with Crippen molar-refractivity contribution in [3.8, 4) is 44.9 Å². The molecule has 11 rings (SSSR count). The van der Waals surface area contributed by atoms with Gasteiger partial charge in [-0.3, -0.25) is 0 Å². The Kier molecular flexibility index (Phi) is 22.9. The zero-order valence-electron chi connectivity index (χ0n) is 55.0. The number of hydrogen-bond acceptors (Lipinski definition) is 2. The first kappa shape index (κ1) is 63.5. The van der Waals surface area contributed by atoms with E-state index in [0.29, 0.717) is 0 Å².